The van der Waals surface area contributed by atoms with E-state index in [9.17, 15) is 0 Å². The van der Waals surface area contributed by atoms with Crippen LogP contribution in [0.4, 0.5) is 5.82 Å². The fourth-order valence-corrected chi connectivity index (χ4v) is 3.38. The Morgan fingerprint density at radius 2 is 2.10 bits per heavy atom. The minimum absolute atomic E-state index is 0.377. The fraction of sp³-hybridized carbons (Fsp3) is 0.400. The maximum atomic E-state index is 5.92. The molecule has 2 aromatic heterocycles. The van der Waals surface area contributed by atoms with Crippen LogP contribution in [0, 0.1) is 6.92 Å². The lowest BCUT2D eigenvalue weighted by molar-refractivity contribution is 0.872. The zero-order chi connectivity index (χ0) is 15.4. The minimum atomic E-state index is 0.377. The van der Waals surface area contributed by atoms with Gasteiger partial charge in [-0.25, -0.2) is 0 Å². The molecule has 6 heteroatoms. The highest BCUT2D eigenvalue weighted by molar-refractivity contribution is 7.80. The van der Waals surface area contributed by atoms with Crippen molar-refractivity contribution < 1.29 is 0 Å². The molecule has 0 amide bonds. The third-order valence-electron chi connectivity index (χ3n) is 3.48. The second-order valence-corrected chi connectivity index (χ2v) is 6.24. The van der Waals surface area contributed by atoms with Crippen LogP contribution in [-0.2, 0) is 19.4 Å². The van der Waals surface area contributed by atoms with Crippen molar-refractivity contribution in [2.45, 2.75) is 40.2 Å². The second kappa shape index (κ2) is 6.95. The number of rotatable bonds is 6. The molecule has 0 saturated heterocycles. The number of hydrogen-bond acceptors (Lipinski definition) is 5. The average molecular weight is 320 g/mol. The normalized spacial score (nSPS) is 10.6. The summed E-state index contributed by atoms with van der Waals surface area (Å²) in [5, 5.41) is 14.0. The van der Waals surface area contributed by atoms with Gasteiger partial charge in [-0.1, -0.05) is 26.1 Å². The highest BCUT2D eigenvalue weighted by atomic mass is 32.1. The lowest BCUT2D eigenvalue weighted by atomic mass is 10.0. The Labute approximate surface area is 134 Å². The van der Waals surface area contributed by atoms with E-state index in [0.29, 0.717) is 17.4 Å². The fourth-order valence-electron chi connectivity index (χ4n) is 2.31. The predicted octanol–water partition coefficient (Wildman–Crippen LogP) is 3.22. The maximum Gasteiger partial charge on any atom is 0.159 e. The second-order valence-electron chi connectivity index (χ2n) is 4.80. The molecular formula is C15H20N4S2. The molecule has 0 saturated carbocycles. The number of nitrogens with zero attached hydrogens (tertiary/aromatic N) is 2. The van der Waals surface area contributed by atoms with Crippen LogP contribution in [0.5, 0.6) is 0 Å². The predicted molar refractivity (Wildman–Crippen MR) is 93.1 cm³/mol. The Morgan fingerprint density at radius 3 is 2.62 bits per heavy atom. The number of nitrogens with one attached hydrogen (secondary N) is 1. The summed E-state index contributed by atoms with van der Waals surface area (Å²) < 4.78 is 0. The van der Waals surface area contributed by atoms with Gasteiger partial charge < -0.3 is 11.1 Å². The van der Waals surface area contributed by atoms with Crippen LogP contribution in [0.1, 0.15) is 41.1 Å². The quantitative estimate of drug-likeness (QED) is 0.800. The van der Waals surface area contributed by atoms with E-state index in [0.717, 1.165) is 29.7 Å². The monoisotopic (exact) mass is 320 g/mol. The van der Waals surface area contributed by atoms with Gasteiger partial charge in [-0.05, 0) is 42.3 Å². The van der Waals surface area contributed by atoms with Crippen molar-refractivity contribution >= 4 is 34.4 Å². The molecule has 0 aliphatic carbocycles. The van der Waals surface area contributed by atoms with E-state index in [1.165, 1.54) is 10.4 Å². The SMILES string of the molecule is CCc1nnc(NCc2sccc2C)c(C(N)=S)c1CC. The van der Waals surface area contributed by atoms with Gasteiger partial charge in [0.05, 0.1) is 17.8 Å². The molecule has 2 aromatic rings. The summed E-state index contributed by atoms with van der Waals surface area (Å²) in [5.41, 5.74) is 10.1. The summed E-state index contributed by atoms with van der Waals surface area (Å²) in [5.74, 6) is 0.685. The number of hydrogen-bond donors (Lipinski definition) is 2. The van der Waals surface area contributed by atoms with Gasteiger partial charge in [-0.2, -0.15) is 5.10 Å². The van der Waals surface area contributed by atoms with Crippen LogP contribution in [-0.4, -0.2) is 15.2 Å². The van der Waals surface area contributed by atoms with Gasteiger partial charge in [0.15, 0.2) is 5.82 Å². The summed E-state index contributed by atoms with van der Waals surface area (Å²) >= 11 is 6.95. The van der Waals surface area contributed by atoms with Gasteiger partial charge >= 0.3 is 0 Å². The number of aryl methyl sites for hydroxylation is 2. The first kappa shape index (κ1) is 15.9. The largest absolute Gasteiger partial charge is 0.389 e. The number of thiophene rings is 1. The topological polar surface area (TPSA) is 63.8 Å². The smallest absolute Gasteiger partial charge is 0.159 e. The van der Waals surface area contributed by atoms with Gasteiger partial charge in [-0.3, -0.25) is 0 Å². The number of anilines is 1. The summed E-state index contributed by atoms with van der Waals surface area (Å²) in [6.45, 7) is 6.97. The van der Waals surface area contributed by atoms with Crippen LogP contribution >= 0.6 is 23.6 Å². The molecule has 0 aliphatic heterocycles. The Balaban J connectivity index is 2.34. The molecule has 0 spiro atoms. The summed E-state index contributed by atoms with van der Waals surface area (Å²) in [6.07, 6.45) is 1.67. The van der Waals surface area contributed by atoms with Gasteiger partial charge in [0.2, 0.25) is 0 Å². The van der Waals surface area contributed by atoms with Crippen molar-refractivity contribution in [1.29, 1.82) is 0 Å². The van der Waals surface area contributed by atoms with Gasteiger partial charge in [0, 0.05) is 4.88 Å². The van der Waals surface area contributed by atoms with Crippen molar-refractivity contribution in [1.82, 2.24) is 10.2 Å². The first-order valence-corrected chi connectivity index (χ1v) is 8.32. The van der Waals surface area contributed by atoms with E-state index in [1.807, 2.05) is 0 Å². The van der Waals surface area contributed by atoms with E-state index in [1.54, 1.807) is 11.3 Å². The van der Waals surface area contributed by atoms with Crippen molar-refractivity contribution in [2.75, 3.05) is 5.32 Å². The van der Waals surface area contributed by atoms with E-state index in [2.05, 4.69) is 47.7 Å². The molecule has 0 unspecified atom stereocenters. The van der Waals surface area contributed by atoms with Crippen LogP contribution < -0.4 is 11.1 Å². The lowest BCUT2D eigenvalue weighted by Crippen LogP contribution is -2.19. The maximum absolute atomic E-state index is 5.92. The standard InChI is InChI=1S/C15H20N4S2/c1-4-10-11(5-2)18-19-15(13(10)14(16)20)17-8-12-9(3)6-7-21-12/h6-7H,4-5,8H2,1-3H3,(H2,16,20)(H,17,19). The van der Waals surface area contributed by atoms with Gasteiger partial charge in [0.25, 0.3) is 0 Å². The molecule has 2 rings (SSSR count). The average Bonchev–Trinajstić information content (AvgIpc) is 2.88. The van der Waals surface area contributed by atoms with Crippen LogP contribution in [0.3, 0.4) is 0 Å². The zero-order valence-electron chi connectivity index (χ0n) is 12.6. The molecule has 0 radical (unpaired) electrons. The van der Waals surface area contributed by atoms with Crippen LogP contribution in [0.25, 0.3) is 0 Å². The van der Waals surface area contributed by atoms with Crippen LogP contribution in [0.15, 0.2) is 11.4 Å². The van der Waals surface area contributed by atoms with Gasteiger partial charge in [-0.15, -0.1) is 16.4 Å². The highest BCUT2D eigenvalue weighted by Gasteiger charge is 2.16. The summed E-state index contributed by atoms with van der Waals surface area (Å²) in [4.78, 5) is 1.66. The zero-order valence-corrected chi connectivity index (χ0v) is 14.2. The molecule has 0 aromatic carbocycles. The molecule has 2 heterocycles. The minimum Gasteiger partial charge on any atom is -0.389 e. The Morgan fingerprint density at radius 1 is 1.33 bits per heavy atom. The van der Waals surface area contributed by atoms with Crippen molar-refractivity contribution in [2.24, 2.45) is 5.73 Å². The van der Waals surface area contributed by atoms with Crippen LogP contribution in [0.2, 0.25) is 0 Å². The highest BCUT2D eigenvalue weighted by Crippen LogP contribution is 2.23. The number of thiocarbonyl (C=S) groups is 1. The molecule has 0 fully saturated rings. The summed E-state index contributed by atoms with van der Waals surface area (Å²) in [7, 11) is 0. The molecule has 0 atom stereocenters. The molecule has 0 bridgehead atoms. The molecule has 21 heavy (non-hydrogen) atoms. The molecule has 3 N–H and O–H groups in total. The van der Waals surface area contributed by atoms with E-state index in [-0.39, 0.29) is 0 Å². The summed E-state index contributed by atoms with van der Waals surface area (Å²) in [6, 6.07) is 2.11. The molecule has 0 aliphatic rings. The third-order valence-corrected chi connectivity index (χ3v) is 4.70. The molecular weight excluding hydrogens is 300 g/mol. The molecule has 4 nitrogen and oxygen atoms in total. The molecule has 112 valence electrons. The van der Waals surface area contributed by atoms with Gasteiger partial charge in [0.1, 0.15) is 4.99 Å². The van der Waals surface area contributed by atoms with E-state index < -0.39 is 0 Å². The first-order valence-electron chi connectivity index (χ1n) is 7.03. The lowest BCUT2D eigenvalue weighted by Gasteiger charge is -2.15. The first-order chi connectivity index (χ1) is 10.1. The van der Waals surface area contributed by atoms with Crippen molar-refractivity contribution in [3.05, 3.63) is 38.7 Å². The van der Waals surface area contributed by atoms with E-state index >= 15 is 0 Å². The Hall–Kier alpha value is -1.53. The third kappa shape index (κ3) is 3.39. The Bertz CT molecular complexity index is 649. The number of aromatic nitrogens is 2. The van der Waals surface area contributed by atoms with Crippen molar-refractivity contribution in [3.63, 3.8) is 0 Å². The van der Waals surface area contributed by atoms with E-state index in [4.69, 9.17) is 18.0 Å². The number of nitrogens with two attached hydrogens (primary N) is 1. The van der Waals surface area contributed by atoms with Crippen molar-refractivity contribution in [3.8, 4) is 0 Å². The Kier molecular flexibility index (Phi) is 5.25.